The van der Waals surface area contributed by atoms with Crippen LogP contribution < -0.4 is 4.90 Å². The third-order valence-corrected chi connectivity index (χ3v) is 6.27. The number of piperidine rings is 1. The number of amides is 3. The normalized spacial score (nSPS) is 19.1. The molecular weight excluding hydrogens is 372 g/mol. The molecule has 0 N–H and O–H groups in total. The Hall–Kier alpha value is -2.60. The molecule has 0 spiro atoms. The monoisotopic (exact) mass is 394 g/mol. The molecule has 1 atom stereocenters. The van der Waals surface area contributed by atoms with Crippen LogP contribution in [0.3, 0.4) is 0 Å². The van der Waals surface area contributed by atoms with Gasteiger partial charge in [0.25, 0.3) is 11.8 Å². The molecule has 3 amide bonds. The molecule has 2 aromatic rings. The summed E-state index contributed by atoms with van der Waals surface area (Å²) in [6, 6.07) is 14.3. The molecule has 0 saturated carbocycles. The number of thioether (sulfide) groups is 1. The average Bonchev–Trinajstić information content (AvgIpc) is 2.81. The number of carbonyl (C=O) groups excluding carboxylic acids is 3. The van der Waals surface area contributed by atoms with Gasteiger partial charge in [-0.25, -0.2) is 4.90 Å². The Morgan fingerprint density at radius 2 is 1.82 bits per heavy atom. The van der Waals surface area contributed by atoms with Gasteiger partial charge in [0.1, 0.15) is 6.04 Å². The molecule has 0 aromatic heterocycles. The van der Waals surface area contributed by atoms with Gasteiger partial charge in [-0.2, -0.15) is 0 Å². The zero-order valence-electron chi connectivity index (χ0n) is 15.8. The Balaban J connectivity index is 1.64. The van der Waals surface area contributed by atoms with Crippen molar-refractivity contribution in [1.29, 1.82) is 0 Å². The van der Waals surface area contributed by atoms with E-state index >= 15 is 0 Å². The van der Waals surface area contributed by atoms with Crippen molar-refractivity contribution in [3.05, 3.63) is 59.7 Å². The predicted octanol–water partition coefficient (Wildman–Crippen LogP) is 3.66. The molecule has 2 aliphatic rings. The van der Waals surface area contributed by atoms with Gasteiger partial charge < -0.3 is 4.90 Å². The molecule has 144 valence electrons. The molecule has 5 nitrogen and oxygen atoms in total. The van der Waals surface area contributed by atoms with E-state index in [0.29, 0.717) is 24.2 Å². The van der Waals surface area contributed by atoms with Crippen molar-refractivity contribution in [3.63, 3.8) is 0 Å². The van der Waals surface area contributed by atoms with E-state index in [1.54, 1.807) is 29.2 Å². The number of imide groups is 1. The lowest BCUT2D eigenvalue weighted by Gasteiger charge is -2.34. The number of aryl methyl sites for hydroxylation is 1. The van der Waals surface area contributed by atoms with Crippen LogP contribution in [0.25, 0.3) is 0 Å². The maximum Gasteiger partial charge on any atom is 0.256 e. The quantitative estimate of drug-likeness (QED) is 0.746. The van der Waals surface area contributed by atoms with E-state index < -0.39 is 6.04 Å². The van der Waals surface area contributed by atoms with Crippen LogP contribution in [0.5, 0.6) is 0 Å². The van der Waals surface area contributed by atoms with Crippen molar-refractivity contribution in [2.75, 3.05) is 17.2 Å². The van der Waals surface area contributed by atoms with Gasteiger partial charge in [0, 0.05) is 11.4 Å². The first-order valence-electron chi connectivity index (χ1n) is 9.52. The zero-order chi connectivity index (χ0) is 19.7. The number of nitrogens with zero attached hydrogens (tertiary/aromatic N) is 2. The molecule has 4 rings (SSSR count). The summed E-state index contributed by atoms with van der Waals surface area (Å²) in [5.41, 5.74) is 1.98. The topological polar surface area (TPSA) is 57.7 Å². The number of hydrogen-bond acceptors (Lipinski definition) is 4. The number of anilines is 1. The summed E-state index contributed by atoms with van der Waals surface area (Å²) in [4.78, 5) is 43.3. The fourth-order valence-corrected chi connectivity index (χ4v) is 4.55. The van der Waals surface area contributed by atoms with E-state index in [-0.39, 0.29) is 23.5 Å². The largest absolute Gasteiger partial charge is 0.327 e. The van der Waals surface area contributed by atoms with Gasteiger partial charge in [0.2, 0.25) is 5.91 Å². The van der Waals surface area contributed by atoms with Gasteiger partial charge in [0.05, 0.1) is 17.0 Å². The summed E-state index contributed by atoms with van der Waals surface area (Å²) in [5.74, 6) is -0.588. The van der Waals surface area contributed by atoms with E-state index in [1.807, 2.05) is 31.2 Å². The van der Waals surface area contributed by atoms with Gasteiger partial charge in [0.15, 0.2) is 0 Å². The van der Waals surface area contributed by atoms with Crippen molar-refractivity contribution < 1.29 is 14.4 Å². The van der Waals surface area contributed by atoms with Crippen LogP contribution in [0.4, 0.5) is 5.69 Å². The van der Waals surface area contributed by atoms with Crippen molar-refractivity contribution in [2.24, 2.45) is 0 Å². The molecule has 6 heteroatoms. The SMILES string of the molecule is Cc1ccc(SCC(=O)N2C(=O)[C@@H]3CCCCN3C(=O)c3ccccc32)cc1. The first-order chi connectivity index (χ1) is 13.6. The average molecular weight is 394 g/mol. The molecular formula is C22H22N2O3S. The Bertz CT molecular complexity index is 926. The number of hydrogen-bond donors (Lipinski definition) is 0. The lowest BCUT2D eigenvalue weighted by atomic mass is 10.0. The smallest absolute Gasteiger partial charge is 0.256 e. The Morgan fingerprint density at radius 1 is 1.07 bits per heavy atom. The van der Waals surface area contributed by atoms with Crippen LogP contribution in [0, 0.1) is 6.92 Å². The van der Waals surface area contributed by atoms with Crippen LogP contribution in [0.1, 0.15) is 35.2 Å². The number of carbonyl (C=O) groups is 3. The Labute approximate surface area is 168 Å². The van der Waals surface area contributed by atoms with E-state index in [1.165, 1.54) is 16.7 Å². The zero-order valence-corrected chi connectivity index (χ0v) is 16.6. The summed E-state index contributed by atoms with van der Waals surface area (Å²) in [6.07, 6.45) is 2.37. The summed E-state index contributed by atoms with van der Waals surface area (Å²) in [6.45, 7) is 2.57. The van der Waals surface area contributed by atoms with Gasteiger partial charge in [-0.05, 0) is 50.5 Å². The van der Waals surface area contributed by atoms with Crippen LogP contribution in [-0.4, -0.2) is 41.0 Å². The molecule has 2 aromatic carbocycles. The second kappa shape index (κ2) is 7.80. The first kappa shape index (κ1) is 18.7. The molecule has 0 bridgehead atoms. The number of para-hydroxylation sites is 1. The highest BCUT2D eigenvalue weighted by Gasteiger charge is 2.42. The summed E-state index contributed by atoms with van der Waals surface area (Å²) >= 11 is 1.40. The molecule has 2 heterocycles. The van der Waals surface area contributed by atoms with Crippen LogP contribution >= 0.6 is 11.8 Å². The number of fused-ring (bicyclic) bond motifs is 2. The van der Waals surface area contributed by atoms with E-state index in [4.69, 9.17) is 0 Å². The van der Waals surface area contributed by atoms with Crippen LogP contribution in [0.2, 0.25) is 0 Å². The summed E-state index contributed by atoms with van der Waals surface area (Å²) in [5, 5.41) is 0. The highest BCUT2D eigenvalue weighted by atomic mass is 32.2. The highest BCUT2D eigenvalue weighted by Crippen LogP contribution is 2.32. The molecule has 0 aliphatic carbocycles. The van der Waals surface area contributed by atoms with Gasteiger partial charge >= 0.3 is 0 Å². The van der Waals surface area contributed by atoms with Gasteiger partial charge in [-0.1, -0.05) is 29.8 Å². The first-order valence-corrected chi connectivity index (χ1v) is 10.5. The van der Waals surface area contributed by atoms with E-state index in [0.717, 1.165) is 23.3 Å². The van der Waals surface area contributed by atoms with Crippen molar-refractivity contribution >= 4 is 35.2 Å². The van der Waals surface area contributed by atoms with Gasteiger partial charge in [-0.15, -0.1) is 11.8 Å². The molecule has 1 fully saturated rings. The summed E-state index contributed by atoms with van der Waals surface area (Å²) in [7, 11) is 0. The Kier molecular flexibility index (Phi) is 5.22. The van der Waals surface area contributed by atoms with Crippen molar-refractivity contribution in [1.82, 2.24) is 4.90 Å². The molecule has 0 radical (unpaired) electrons. The van der Waals surface area contributed by atoms with Crippen LogP contribution in [-0.2, 0) is 9.59 Å². The molecule has 28 heavy (non-hydrogen) atoms. The van der Waals surface area contributed by atoms with Crippen LogP contribution in [0.15, 0.2) is 53.4 Å². The second-order valence-corrected chi connectivity index (χ2v) is 8.25. The standard InChI is InChI=1S/C22H22N2O3S/c1-15-9-11-16(12-10-15)28-14-20(25)24-18-7-3-2-6-17(18)21(26)23-13-5-4-8-19(23)22(24)27/h2-3,6-7,9-12,19H,4-5,8,13-14H2,1H3/t19-/m0/s1. The maximum absolute atomic E-state index is 13.3. The minimum Gasteiger partial charge on any atom is -0.327 e. The third-order valence-electron chi connectivity index (χ3n) is 5.28. The minimum absolute atomic E-state index is 0.143. The van der Waals surface area contributed by atoms with Crippen molar-refractivity contribution in [2.45, 2.75) is 37.1 Å². The Morgan fingerprint density at radius 3 is 2.61 bits per heavy atom. The maximum atomic E-state index is 13.3. The van der Waals surface area contributed by atoms with Gasteiger partial charge in [-0.3, -0.25) is 14.4 Å². The summed E-state index contributed by atoms with van der Waals surface area (Å²) < 4.78 is 0. The number of benzene rings is 2. The fourth-order valence-electron chi connectivity index (χ4n) is 3.80. The second-order valence-electron chi connectivity index (χ2n) is 7.20. The fraction of sp³-hybridized carbons (Fsp3) is 0.318. The predicted molar refractivity (Wildman–Crippen MR) is 110 cm³/mol. The third kappa shape index (κ3) is 3.44. The minimum atomic E-state index is -0.554. The number of rotatable bonds is 3. The highest BCUT2D eigenvalue weighted by molar-refractivity contribution is 8.00. The lowest BCUT2D eigenvalue weighted by molar-refractivity contribution is -0.128. The van der Waals surface area contributed by atoms with E-state index in [9.17, 15) is 14.4 Å². The lowest BCUT2D eigenvalue weighted by Crippen LogP contribution is -2.52. The molecule has 1 saturated heterocycles. The van der Waals surface area contributed by atoms with E-state index in [2.05, 4.69) is 0 Å². The molecule has 0 unspecified atom stereocenters. The van der Waals surface area contributed by atoms with Crippen molar-refractivity contribution in [3.8, 4) is 0 Å². The molecule has 2 aliphatic heterocycles.